The highest BCUT2D eigenvalue weighted by molar-refractivity contribution is 7.89. The van der Waals surface area contributed by atoms with E-state index in [1.54, 1.807) is 4.31 Å². The Morgan fingerprint density at radius 3 is 2.63 bits per heavy atom. The molecule has 0 unspecified atom stereocenters. The van der Waals surface area contributed by atoms with Gasteiger partial charge >= 0.3 is 0 Å². The molecule has 2 aliphatic rings. The third kappa shape index (κ3) is 4.41. The molecule has 2 aliphatic heterocycles. The van der Waals surface area contributed by atoms with E-state index in [2.05, 4.69) is 5.32 Å². The van der Waals surface area contributed by atoms with Gasteiger partial charge in [-0.1, -0.05) is 0 Å². The summed E-state index contributed by atoms with van der Waals surface area (Å²) in [5, 5.41) is 3.31. The van der Waals surface area contributed by atoms with Crippen molar-refractivity contribution in [2.75, 3.05) is 38.5 Å². The third-order valence-electron chi connectivity index (χ3n) is 4.03. The average molecular weight is 290 g/mol. The summed E-state index contributed by atoms with van der Waals surface area (Å²) in [7, 11) is -3.12. The van der Waals surface area contributed by atoms with Crippen LogP contribution in [0.25, 0.3) is 0 Å². The number of hydrogen-bond donors (Lipinski definition) is 1. The van der Waals surface area contributed by atoms with E-state index in [4.69, 9.17) is 4.74 Å². The second kappa shape index (κ2) is 6.08. The van der Waals surface area contributed by atoms with Crippen molar-refractivity contribution < 1.29 is 13.2 Å². The van der Waals surface area contributed by atoms with Crippen molar-refractivity contribution in [2.24, 2.45) is 5.92 Å². The fourth-order valence-electron chi connectivity index (χ4n) is 2.83. The first-order valence-electron chi connectivity index (χ1n) is 7.22. The first-order valence-corrected chi connectivity index (χ1v) is 8.82. The average Bonchev–Trinajstić information content (AvgIpc) is 2.37. The molecule has 0 radical (unpaired) electrons. The van der Waals surface area contributed by atoms with E-state index in [0.29, 0.717) is 25.6 Å². The predicted molar refractivity (Wildman–Crippen MR) is 75.6 cm³/mol. The number of hydrogen-bond acceptors (Lipinski definition) is 4. The van der Waals surface area contributed by atoms with Gasteiger partial charge in [0.1, 0.15) is 0 Å². The van der Waals surface area contributed by atoms with Gasteiger partial charge in [-0.2, -0.15) is 4.31 Å². The van der Waals surface area contributed by atoms with Crippen LogP contribution in [0.3, 0.4) is 0 Å². The number of ether oxygens (including phenoxy) is 1. The Hall–Kier alpha value is -0.170. The molecule has 0 bridgehead atoms. The molecular weight excluding hydrogens is 264 g/mol. The van der Waals surface area contributed by atoms with Crippen molar-refractivity contribution in [3.05, 3.63) is 0 Å². The van der Waals surface area contributed by atoms with Crippen molar-refractivity contribution in [3.8, 4) is 0 Å². The summed E-state index contributed by atoms with van der Waals surface area (Å²) in [6.45, 7) is 7.41. The standard InChI is InChI=1S/C13H26N2O3S/c1-13(2)11-15(8-9-18-13)19(16,17)10-5-12-3-6-14-7-4-12/h12,14H,3-11H2,1-2H3. The third-order valence-corrected chi connectivity index (χ3v) is 5.88. The minimum absolute atomic E-state index is 0.285. The van der Waals surface area contributed by atoms with Gasteiger partial charge in [0, 0.05) is 13.1 Å². The Morgan fingerprint density at radius 1 is 1.32 bits per heavy atom. The van der Waals surface area contributed by atoms with Crippen LogP contribution in [-0.4, -0.2) is 56.9 Å². The second-order valence-corrected chi connectivity index (χ2v) is 8.33. The molecule has 0 aromatic carbocycles. The largest absolute Gasteiger partial charge is 0.373 e. The fraction of sp³-hybridized carbons (Fsp3) is 1.00. The molecule has 0 aromatic rings. The van der Waals surface area contributed by atoms with E-state index in [9.17, 15) is 8.42 Å². The topological polar surface area (TPSA) is 58.6 Å². The van der Waals surface area contributed by atoms with Gasteiger partial charge in [-0.25, -0.2) is 8.42 Å². The van der Waals surface area contributed by atoms with Gasteiger partial charge in [0.25, 0.3) is 0 Å². The lowest BCUT2D eigenvalue weighted by Gasteiger charge is -2.37. The van der Waals surface area contributed by atoms with E-state index in [0.717, 1.165) is 32.4 Å². The van der Waals surface area contributed by atoms with E-state index < -0.39 is 10.0 Å². The van der Waals surface area contributed by atoms with Crippen LogP contribution in [0.5, 0.6) is 0 Å². The Kier molecular flexibility index (Phi) is 4.87. The Balaban J connectivity index is 1.87. The smallest absolute Gasteiger partial charge is 0.214 e. The molecular formula is C13H26N2O3S. The molecule has 0 aliphatic carbocycles. The van der Waals surface area contributed by atoms with Gasteiger partial charge in [0.05, 0.1) is 18.0 Å². The molecule has 6 heteroatoms. The zero-order valence-corrected chi connectivity index (χ0v) is 12.8. The highest BCUT2D eigenvalue weighted by Crippen LogP contribution is 2.22. The van der Waals surface area contributed by atoms with Gasteiger partial charge in [-0.3, -0.25) is 0 Å². The SMILES string of the molecule is CC1(C)CN(S(=O)(=O)CCC2CCNCC2)CCO1. The minimum atomic E-state index is -3.12. The Morgan fingerprint density at radius 2 is 2.00 bits per heavy atom. The summed E-state index contributed by atoms with van der Waals surface area (Å²) in [5.41, 5.74) is -0.361. The molecule has 2 heterocycles. The molecule has 2 rings (SSSR count). The molecule has 19 heavy (non-hydrogen) atoms. The lowest BCUT2D eigenvalue weighted by molar-refractivity contribution is -0.0640. The lowest BCUT2D eigenvalue weighted by atomic mass is 9.96. The minimum Gasteiger partial charge on any atom is -0.373 e. The summed E-state index contributed by atoms with van der Waals surface area (Å²) < 4.78 is 31.9. The van der Waals surface area contributed by atoms with E-state index in [1.165, 1.54) is 0 Å². The van der Waals surface area contributed by atoms with Gasteiger partial charge in [-0.05, 0) is 52.1 Å². The predicted octanol–water partition coefficient (Wildman–Crippen LogP) is 0.817. The van der Waals surface area contributed by atoms with Crippen LogP contribution < -0.4 is 5.32 Å². The number of nitrogens with zero attached hydrogens (tertiary/aromatic N) is 1. The highest BCUT2D eigenvalue weighted by atomic mass is 32.2. The second-order valence-electron chi connectivity index (χ2n) is 6.24. The molecule has 0 amide bonds. The van der Waals surface area contributed by atoms with Crippen molar-refractivity contribution >= 4 is 10.0 Å². The molecule has 0 spiro atoms. The highest BCUT2D eigenvalue weighted by Gasteiger charge is 2.34. The molecule has 0 saturated carbocycles. The number of rotatable bonds is 4. The van der Waals surface area contributed by atoms with Gasteiger partial charge in [-0.15, -0.1) is 0 Å². The zero-order chi connectivity index (χ0) is 13.9. The summed E-state index contributed by atoms with van der Waals surface area (Å²) in [5.74, 6) is 0.846. The molecule has 1 N–H and O–H groups in total. The van der Waals surface area contributed by atoms with Crippen molar-refractivity contribution in [3.63, 3.8) is 0 Å². The van der Waals surface area contributed by atoms with E-state index in [1.807, 2.05) is 13.8 Å². The fourth-order valence-corrected chi connectivity index (χ4v) is 4.58. The number of sulfonamides is 1. The number of nitrogens with one attached hydrogen (secondary N) is 1. The summed E-state index contributed by atoms with van der Waals surface area (Å²) in [6.07, 6.45) is 3.00. The molecule has 2 saturated heterocycles. The monoisotopic (exact) mass is 290 g/mol. The summed E-state index contributed by atoms with van der Waals surface area (Å²) in [4.78, 5) is 0. The van der Waals surface area contributed by atoms with Crippen LogP contribution in [0, 0.1) is 5.92 Å². The molecule has 0 atom stereocenters. The molecule has 5 nitrogen and oxygen atoms in total. The van der Waals surface area contributed by atoms with Crippen LogP contribution in [0.1, 0.15) is 33.1 Å². The lowest BCUT2D eigenvalue weighted by Crippen LogP contribution is -2.51. The summed E-state index contributed by atoms with van der Waals surface area (Å²) in [6, 6.07) is 0. The normalized spacial score (nSPS) is 26.4. The zero-order valence-electron chi connectivity index (χ0n) is 12.0. The van der Waals surface area contributed by atoms with Gasteiger partial charge in [0.2, 0.25) is 10.0 Å². The van der Waals surface area contributed by atoms with Gasteiger partial charge < -0.3 is 10.1 Å². The maximum atomic E-state index is 12.4. The summed E-state index contributed by atoms with van der Waals surface area (Å²) >= 11 is 0. The van der Waals surface area contributed by atoms with Crippen LogP contribution in [-0.2, 0) is 14.8 Å². The number of morpholine rings is 1. The molecule has 2 fully saturated rings. The van der Waals surface area contributed by atoms with E-state index in [-0.39, 0.29) is 11.4 Å². The van der Waals surface area contributed by atoms with Crippen molar-refractivity contribution in [1.29, 1.82) is 0 Å². The van der Waals surface area contributed by atoms with Crippen LogP contribution in [0.15, 0.2) is 0 Å². The van der Waals surface area contributed by atoms with Crippen molar-refractivity contribution in [1.82, 2.24) is 9.62 Å². The van der Waals surface area contributed by atoms with Crippen LogP contribution >= 0.6 is 0 Å². The molecule has 112 valence electrons. The maximum absolute atomic E-state index is 12.4. The van der Waals surface area contributed by atoms with Crippen LogP contribution in [0.4, 0.5) is 0 Å². The Bertz CT molecular complexity index is 389. The number of piperidine rings is 1. The van der Waals surface area contributed by atoms with Crippen LogP contribution in [0.2, 0.25) is 0 Å². The quantitative estimate of drug-likeness (QED) is 0.833. The first kappa shape index (κ1) is 15.2. The maximum Gasteiger partial charge on any atom is 0.214 e. The Labute approximate surface area is 116 Å². The van der Waals surface area contributed by atoms with E-state index >= 15 is 0 Å². The van der Waals surface area contributed by atoms with Crippen molar-refractivity contribution in [2.45, 2.75) is 38.7 Å². The molecule has 0 aromatic heterocycles. The first-order chi connectivity index (χ1) is 8.89. The van der Waals surface area contributed by atoms with Gasteiger partial charge in [0.15, 0.2) is 0 Å².